The first-order valence-corrected chi connectivity index (χ1v) is 8.82. The van der Waals surface area contributed by atoms with Crippen molar-refractivity contribution in [3.8, 4) is 0 Å². The topological polar surface area (TPSA) is 61.4 Å². The summed E-state index contributed by atoms with van der Waals surface area (Å²) in [4.78, 5) is 24.0. The van der Waals surface area contributed by atoms with Gasteiger partial charge in [0.25, 0.3) is 0 Å². The van der Waals surface area contributed by atoms with Gasteiger partial charge in [-0.25, -0.2) is 4.98 Å². The van der Waals surface area contributed by atoms with E-state index < -0.39 is 0 Å². The molecule has 0 spiro atoms. The summed E-state index contributed by atoms with van der Waals surface area (Å²) >= 11 is 0. The van der Waals surface area contributed by atoms with Gasteiger partial charge in [0.1, 0.15) is 5.82 Å². The summed E-state index contributed by atoms with van der Waals surface area (Å²) in [5, 5.41) is 3.34. The Kier molecular flexibility index (Phi) is 5.82. The highest BCUT2D eigenvalue weighted by atomic mass is 16.1. The van der Waals surface area contributed by atoms with Gasteiger partial charge in [0.2, 0.25) is 12.4 Å². The van der Waals surface area contributed by atoms with Gasteiger partial charge < -0.3 is 15.1 Å². The third-order valence-corrected chi connectivity index (χ3v) is 4.40. The second-order valence-electron chi connectivity index (χ2n) is 6.34. The molecule has 1 aliphatic rings. The fraction of sp³-hybridized carbons (Fsp3) is 0.421. The average Bonchev–Trinajstić information content (AvgIpc) is 2.66. The maximum atomic E-state index is 10.8. The summed E-state index contributed by atoms with van der Waals surface area (Å²) < 4.78 is 0. The molecule has 1 N–H and O–H groups in total. The Bertz CT molecular complexity index is 683. The van der Waals surface area contributed by atoms with Crippen LogP contribution in [0.25, 0.3) is 0 Å². The van der Waals surface area contributed by atoms with Crippen molar-refractivity contribution in [1.82, 2.24) is 14.9 Å². The Hall–Kier alpha value is -2.63. The van der Waals surface area contributed by atoms with Gasteiger partial charge in [-0.2, -0.15) is 4.98 Å². The van der Waals surface area contributed by atoms with Gasteiger partial charge in [-0.1, -0.05) is 30.3 Å². The maximum Gasteiger partial charge on any atom is 0.224 e. The lowest BCUT2D eigenvalue weighted by Gasteiger charge is -2.33. The van der Waals surface area contributed by atoms with E-state index in [4.69, 9.17) is 0 Å². The predicted octanol–water partition coefficient (Wildman–Crippen LogP) is 2.11. The lowest BCUT2D eigenvalue weighted by atomic mass is 10.1. The third-order valence-electron chi connectivity index (χ3n) is 4.40. The second-order valence-corrected chi connectivity index (χ2v) is 6.34. The number of carbonyl (C=O) groups excluding carboxylic acids is 1. The number of carbonyl (C=O) groups is 1. The molecule has 2 aromatic rings. The molecule has 0 saturated carbocycles. The van der Waals surface area contributed by atoms with Gasteiger partial charge in [0, 0.05) is 44.5 Å². The van der Waals surface area contributed by atoms with E-state index in [9.17, 15) is 4.79 Å². The highest BCUT2D eigenvalue weighted by Gasteiger charge is 2.17. The van der Waals surface area contributed by atoms with Gasteiger partial charge in [-0.3, -0.25) is 4.79 Å². The Labute approximate surface area is 148 Å². The van der Waals surface area contributed by atoms with E-state index in [0.717, 1.165) is 63.5 Å². The minimum atomic E-state index is 0.681. The highest BCUT2D eigenvalue weighted by molar-refractivity contribution is 5.50. The van der Waals surface area contributed by atoms with Crippen LogP contribution in [0.5, 0.6) is 0 Å². The molecule has 1 fully saturated rings. The Morgan fingerprint density at radius 2 is 1.88 bits per heavy atom. The molecule has 0 radical (unpaired) electrons. The molecule has 6 nitrogen and oxygen atoms in total. The number of rotatable bonds is 7. The van der Waals surface area contributed by atoms with Crippen molar-refractivity contribution in [3.63, 3.8) is 0 Å². The molecular weight excluding hydrogens is 314 g/mol. The first-order chi connectivity index (χ1) is 12.2. The number of benzene rings is 1. The fourth-order valence-corrected chi connectivity index (χ4v) is 2.99. The normalized spacial score (nSPS) is 14.4. The summed E-state index contributed by atoms with van der Waals surface area (Å²) in [5.74, 6) is 1.62. The fourth-order valence-electron chi connectivity index (χ4n) is 2.99. The number of piperazine rings is 1. The number of amides is 1. The molecule has 1 aromatic carbocycles. The minimum absolute atomic E-state index is 0.681. The molecule has 0 aliphatic carbocycles. The molecule has 0 atom stereocenters. The van der Waals surface area contributed by atoms with Crippen molar-refractivity contribution in [2.45, 2.75) is 19.8 Å². The van der Waals surface area contributed by atoms with Gasteiger partial charge in [0.15, 0.2) is 0 Å². The van der Waals surface area contributed by atoms with Crippen LogP contribution in [0.2, 0.25) is 0 Å². The smallest absolute Gasteiger partial charge is 0.224 e. The molecule has 1 aliphatic heterocycles. The van der Waals surface area contributed by atoms with Crippen LogP contribution in [0.15, 0.2) is 36.4 Å². The minimum Gasteiger partial charge on any atom is -0.354 e. The largest absolute Gasteiger partial charge is 0.354 e. The van der Waals surface area contributed by atoms with E-state index in [-0.39, 0.29) is 0 Å². The number of aryl methyl sites for hydroxylation is 2. The van der Waals surface area contributed by atoms with Crippen molar-refractivity contribution in [1.29, 1.82) is 0 Å². The van der Waals surface area contributed by atoms with E-state index >= 15 is 0 Å². The van der Waals surface area contributed by atoms with Crippen LogP contribution in [-0.2, 0) is 11.2 Å². The summed E-state index contributed by atoms with van der Waals surface area (Å²) in [6, 6.07) is 12.5. The quantitative estimate of drug-likeness (QED) is 0.618. The summed E-state index contributed by atoms with van der Waals surface area (Å²) in [6.07, 6.45) is 3.00. The molecule has 1 aromatic heterocycles. The first kappa shape index (κ1) is 17.2. The molecular formula is C19H25N5O. The zero-order valence-electron chi connectivity index (χ0n) is 14.7. The molecule has 6 heteroatoms. The molecule has 1 saturated heterocycles. The lowest BCUT2D eigenvalue weighted by Crippen LogP contribution is -2.46. The molecule has 1 amide bonds. The summed E-state index contributed by atoms with van der Waals surface area (Å²) in [7, 11) is 0. The molecule has 132 valence electrons. The van der Waals surface area contributed by atoms with Crippen LogP contribution >= 0.6 is 0 Å². The van der Waals surface area contributed by atoms with E-state index in [2.05, 4.69) is 44.5 Å². The van der Waals surface area contributed by atoms with E-state index in [0.29, 0.717) is 5.95 Å². The number of hydrogen-bond acceptors (Lipinski definition) is 5. The second kappa shape index (κ2) is 8.46. The van der Waals surface area contributed by atoms with Crippen molar-refractivity contribution in [2.24, 2.45) is 0 Å². The lowest BCUT2D eigenvalue weighted by molar-refractivity contribution is -0.118. The molecule has 0 unspecified atom stereocenters. The summed E-state index contributed by atoms with van der Waals surface area (Å²) in [6.45, 7) is 5.93. The van der Waals surface area contributed by atoms with E-state index in [1.165, 1.54) is 5.56 Å². The van der Waals surface area contributed by atoms with Crippen molar-refractivity contribution < 1.29 is 4.79 Å². The first-order valence-electron chi connectivity index (χ1n) is 8.82. The number of nitrogens with one attached hydrogen (secondary N) is 1. The molecule has 25 heavy (non-hydrogen) atoms. The zero-order valence-corrected chi connectivity index (χ0v) is 14.7. The zero-order chi connectivity index (χ0) is 17.5. The van der Waals surface area contributed by atoms with E-state index in [1.807, 2.05) is 19.1 Å². The monoisotopic (exact) mass is 339 g/mol. The number of aromatic nitrogens is 2. The Balaban J connectivity index is 1.53. The van der Waals surface area contributed by atoms with Crippen molar-refractivity contribution in [3.05, 3.63) is 47.7 Å². The van der Waals surface area contributed by atoms with Gasteiger partial charge >= 0.3 is 0 Å². The SMILES string of the molecule is Cc1cc(N2CCN(C=O)CC2)nc(NCCCc2ccccc2)n1. The molecule has 2 heterocycles. The van der Waals surface area contributed by atoms with Crippen LogP contribution in [-0.4, -0.2) is 54.0 Å². The molecule has 3 rings (SSSR count). The molecule has 0 bridgehead atoms. The van der Waals surface area contributed by atoms with Crippen molar-refractivity contribution in [2.75, 3.05) is 42.9 Å². The van der Waals surface area contributed by atoms with Gasteiger partial charge in [-0.15, -0.1) is 0 Å². The van der Waals surface area contributed by atoms with Crippen molar-refractivity contribution >= 4 is 18.2 Å². The van der Waals surface area contributed by atoms with Crippen LogP contribution < -0.4 is 10.2 Å². The maximum absolute atomic E-state index is 10.8. The van der Waals surface area contributed by atoms with Gasteiger partial charge in [-0.05, 0) is 25.3 Å². The highest BCUT2D eigenvalue weighted by Crippen LogP contribution is 2.16. The van der Waals surface area contributed by atoms with Crippen LogP contribution in [0, 0.1) is 6.92 Å². The number of anilines is 2. The summed E-state index contributed by atoms with van der Waals surface area (Å²) in [5.41, 5.74) is 2.30. The number of nitrogens with zero attached hydrogens (tertiary/aromatic N) is 4. The van der Waals surface area contributed by atoms with Gasteiger partial charge in [0.05, 0.1) is 0 Å². The Morgan fingerprint density at radius 3 is 2.60 bits per heavy atom. The van der Waals surface area contributed by atoms with E-state index in [1.54, 1.807) is 4.90 Å². The Morgan fingerprint density at radius 1 is 1.12 bits per heavy atom. The predicted molar refractivity (Wildman–Crippen MR) is 99.9 cm³/mol. The average molecular weight is 339 g/mol. The van der Waals surface area contributed by atoms with Crippen LogP contribution in [0.3, 0.4) is 0 Å². The van der Waals surface area contributed by atoms with Crippen LogP contribution in [0.4, 0.5) is 11.8 Å². The third kappa shape index (κ3) is 4.92. The standard InChI is InChI=1S/C19H25N5O/c1-16-14-18(24-12-10-23(15-25)11-13-24)22-19(21-16)20-9-5-8-17-6-3-2-4-7-17/h2-4,6-7,14-15H,5,8-13H2,1H3,(H,20,21,22). The number of hydrogen-bond donors (Lipinski definition) is 1. The van der Waals surface area contributed by atoms with Crippen LogP contribution in [0.1, 0.15) is 17.7 Å².